The molecule has 0 aromatic rings. The zero-order valence-corrected chi connectivity index (χ0v) is 8.76. The van der Waals surface area contributed by atoms with Crippen molar-refractivity contribution in [2.45, 2.75) is 46.1 Å². The second-order valence-electron chi connectivity index (χ2n) is 5.12. The van der Waals surface area contributed by atoms with Crippen LogP contribution in [0.25, 0.3) is 0 Å². The summed E-state index contributed by atoms with van der Waals surface area (Å²) in [6.07, 6.45) is 3.34. The van der Waals surface area contributed by atoms with E-state index in [0.717, 1.165) is 12.8 Å². The van der Waals surface area contributed by atoms with Crippen molar-refractivity contribution in [1.82, 2.24) is 5.32 Å². The fourth-order valence-corrected chi connectivity index (χ4v) is 2.66. The first-order valence-electron chi connectivity index (χ1n) is 4.95. The van der Waals surface area contributed by atoms with Crippen LogP contribution in [0.15, 0.2) is 0 Å². The van der Waals surface area contributed by atoms with Crippen LogP contribution in [0.4, 0.5) is 4.79 Å². The van der Waals surface area contributed by atoms with Gasteiger partial charge in [0.05, 0.1) is 0 Å². The van der Waals surface area contributed by atoms with Crippen LogP contribution in [0, 0.1) is 11.3 Å². The average molecular weight is 184 g/mol. The molecule has 2 amide bonds. The summed E-state index contributed by atoms with van der Waals surface area (Å²) in [5.41, 5.74) is 5.45. The van der Waals surface area contributed by atoms with Gasteiger partial charge in [-0.3, -0.25) is 0 Å². The van der Waals surface area contributed by atoms with Crippen molar-refractivity contribution in [3.8, 4) is 0 Å². The predicted molar refractivity (Wildman–Crippen MR) is 53.3 cm³/mol. The van der Waals surface area contributed by atoms with E-state index in [2.05, 4.69) is 26.1 Å². The highest BCUT2D eigenvalue weighted by Gasteiger charge is 2.32. The molecule has 13 heavy (non-hydrogen) atoms. The standard InChI is InChI=1S/C10H20N2O/c1-7-4-8(12-9(11)13)6-10(2,3)5-7/h7-8H,4-6H2,1-3H3,(H3,11,12,13). The smallest absolute Gasteiger partial charge is 0.312 e. The molecule has 1 fully saturated rings. The molecule has 0 spiro atoms. The average Bonchev–Trinajstić information content (AvgIpc) is 1.78. The monoisotopic (exact) mass is 184 g/mol. The summed E-state index contributed by atoms with van der Waals surface area (Å²) in [6, 6.07) is -0.119. The highest BCUT2D eigenvalue weighted by atomic mass is 16.2. The van der Waals surface area contributed by atoms with E-state index in [0.29, 0.717) is 11.3 Å². The van der Waals surface area contributed by atoms with Gasteiger partial charge in [0.25, 0.3) is 0 Å². The van der Waals surface area contributed by atoms with E-state index in [1.54, 1.807) is 0 Å². The molecule has 1 aliphatic carbocycles. The molecule has 3 nitrogen and oxygen atoms in total. The molecule has 1 rings (SSSR count). The van der Waals surface area contributed by atoms with Crippen LogP contribution in [0.2, 0.25) is 0 Å². The number of nitrogens with one attached hydrogen (secondary N) is 1. The molecule has 3 heteroatoms. The van der Waals surface area contributed by atoms with Gasteiger partial charge in [-0.2, -0.15) is 0 Å². The molecule has 0 aromatic heterocycles. The number of rotatable bonds is 1. The van der Waals surface area contributed by atoms with Gasteiger partial charge in [0.1, 0.15) is 0 Å². The molecule has 1 saturated carbocycles. The van der Waals surface area contributed by atoms with Gasteiger partial charge in [0, 0.05) is 6.04 Å². The summed E-state index contributed by atoms with van der Waals surface area (Å²) in [6.45, 7) is 6.73. The van der Waals surface area contributed by atoms with E-state index in [9.17, 15) is 4.79 Å². The zero-order chi connectivity index (χ0) is 10.1. The largest absolute Gasteiger partial charge is 0.352 e. The SMILES string of the molecule is CC1CC(NC(N)=O)CC(C)(C)C1. The Bertz CT molecular complexity index is 201. The summed E-state index contributed by atoms with van der Waals surface area (Å²) in [5, 5.41) is 2.81. The van der Waals surface area contributed by atoms with E-state index >= 15 is 0 Å². The molecule has 0 saturated heterocycles. The third kappa shape index (κ3) is 3.25. The lowest BCUT2D eigenvalue weighted by atomic mass is 9.71. The Hall–Kier alpha value is -0.730. The molecule has 0 aromatic carbocycles. The number of nitrogens with two attached hydrogens (primary N) is 1. The van der Waals surface area contributed by atoms with Gasteiger partial charge in [-0.05, 0) is 30.6 Å². The lowest BCUT2D eigenvalue weighted by Crippen LogP contribution is -2.45. The number of carbonyl (C=O) groups is 1. The number of hydrogen-bond acceptors (Lipinski definition) is 1. The first kappa shape index (κ1) is 10.4. The van der Waals surface area contributed by atoms with Crippen LogP contribution < -0.4 is 11.1 Å². The highest BCUT2D eigenvalue weighted by Crippen LogP contribution is 2.38. The van der Waals surface area contributed by atoms with Gasteiger partial charge in [0.15, 0.2) is 0 Å². The van der Waals surface area contributed by atoms with E-state index < -0.39 is 6.03 Å². The fraction of sp³-hybridized carbons (Fsp3) is 0.900. The summed E-state index contributed by atoms with van der Waals surface area (Å²) in [4.78, 5) is 10.7. The summed E-state index contributed by atoms with van der Waals surface area (Å²) in [5.74, 6) is 0.681. The van der Waals surface area contributed by atoms with Crippen LogP contribution in [0.3, 0.4) is 0 Å². The molecule has 2 atom stereocenters. The van der Waals surface area contributed by atoms with Crippen LogP contribution in [-0.2, 0) is 0 Å². The van der Waals surface area contributed by atoms with Crippen molar-refractivity contribution in [2.75, 3.05) is 0 Å². The second kappa shape index (κ2) is 3.56. The molecule has 76 valence electrons. The van der Waals surface area contributed by atoms with Crippen LogP contribution in [0.1, 0.15) is 40.0 Å². The highest BCUT2D eigenvalue weighted by molar-refractivity contribution is 5.71. The van der Waals surface area contributed by atoms with Gasteiger partial charge in [-0.1, -0.05) is 20.8 Å². The number of amides is 2. The Labute approximate surface area is 80.1 Å². The van der Waals surface area contributed by atoms with E-state index in [-0.39, 0.29) is 6.04 Å². The van der Waals surface area contributed by atoms with Crippen LogP contribution >= 0.6 is 0 Å². The second-order valence-corrected chi connectivity index (χ2v) is 5.12. The van der Waals surface area contributed by atoms with Crippen molar-refractivity contribution in [3.63, 3.8) is 0 Å². The van der Waals surface area contributed by atoms with Gasteiger partial charge < -0.3 is 11.1 Å². The molecular formula is C10H20N2O. The topological polar surface area (TPSA) is 55.1 Å². The maximum absolute atomic E-state index is 10.7. The maximum atomic E-state index is 10.7. The van der Waals surface area contributed by atoms with E-state index in [1.165, 1.54) is 6.42 Å². The molecule has 0 radical (unpaired) electrons. The van der Waals surface area contributed by atoms with Crippen molar-refractivity contribution < 1.29 is 4.79 Å². The molecule has 3 N–H and O–H groups in total. The molecule has 0 heterocycles. The van der Waals surface area contributed by atoms with Crippen LogP contribution in [-0.4, -0.2) is 12.1 Å². The summed E-state index contributed by atoms with van der Waals surface area (Å²) >= 11 is 0. The van der Waals surface area contributed by atoms with Gasteiger partial charge in [-0.15, -0.1) is 0 Å². The minimum absolute atomic E-state index is 0.274. The Morgan fingerprint density at radius 1 is 1.46 bits per heavy atom. The van der Waals surface area contributed by atoms with Crippen molar-refractivity contribution in [3.05, 3.63) is 0 Å². The summed E-state index contributed by atoms with van der Waals surface area (Å²) in [7, 11) is 0. The Balaban J connectivity index is 2.52. The predicted octanol–water partition coefficient (Wildman–Crippen LogP) is 1.87. The Morgan fingerprint density at radius 3 is 2.54 bits per heavy atom. The van der Waals surface area contributed by atoms with Gasteiger partial charge in [-0.25, -0.2) is 4.79 Å². The molecule has 1 aliphatic rings. The van der Waals surface area contributed by atoms with Gasteiger partial charge >= 0.3 is 6.03 Å². The Kier molecular flexibility index (Phi) is 2.84. The molecular weight excluding hydrogens is 164 g/mol. The third-order valence-electron chi connectivity index (χ3n) is 2.73. The summed E-state index contributed by atoms with van der Waals surface area (Å²) < 4.78 is 0. The van der Waals surface area contributed by atoms with E-state index in [1.807, 2.05) is 0 Å². The first-order valence-corrected chi connectivity index (χ1v) is 4.95. The Morgan fingerprint density at radius 2 is 2.08 bits per heavy atom. The van der Waals surface area contributed by atoms with Crippen molar-refractivity contribution >= 4 is 6.03 Å². The normalized spacial score (nSPS) is 32.5. The number of primary amides is 1. The lowest BCUT2D eigenvalue weighted by molar-refractivity contribution is 0.154. The molecule has 0 bridgehead atoms. The fourth-order valence-electron chi connectivity index (χ4n) is 2.66. The van der Waals surface area contributed by atoms with Gasteiger partial charge in [0.2, 0.25) is 0 Å². The van der Waals surface area contributed by atoms with Crippen molar-refractivity contribution in [2.24, 2.45) is 17.1 Å². The van der Waals surface area contributed by atoms with E-state index in [4.69, 9.17) is 5.73 Å². The van der Waals surface area contributed by atoms with Crippen LogP contribution in [0.5, 0.6) is 0 Å². The lowest BCUT2D eigenvalue weighted by Gasteiger charge is -2.38. The quantitative estimate of drug-likeness (QED) is 0.642. The number of hydrogen-bond donors (Lipinski definition) is 2. The minimum Gasteiger partial charge on any atom is -0.352 e. The molecule has 2 unspecified atom stereocenters. The number of carbonyl (C=O) groups excluding carboxylic acids is 1. The zero-order valence-electron chi connectivity index (χ0n) is 8.76. The maximum Gasteiger partial charge on any atom is 0.312 e. The van der Waals surface area contributed by atoms with Crippen molar-refractivity contribution in [1.29, 1.82) is 0 Å². The minimum atomic E-state index is -0.394. The number of urea groups is 1. The first-order chi connectivity index (χ1) is 5.89. The molecule has 0 aliphatic heterocycles. The third-order valence-corrected chi connectivity index (χ3v) is 2.73.